The van der Waals surface area contributed by atoms with Gasteiger partial charge in [-0.2, -0.15) is 4.57 Å². The van der Waals surface area contributed by atoms with E-state index < -0.39 is 0 Å². The van der Waals surface area contributed by atoms with Crippen LogP contribution in [0.3, 0.4) is 0 Å². The lowest BCUT2D eigenvalue weighted by atomic mass is 9.80. The van der Waals surface area contributed by atoms with Crippen molar-refractivity contribution in [1.29, 1.82) is 0 Å². The van der Waals surface area contributed by atoms with E-state index in [1.54, 1.807) is 0 Å². The highest BCUT2D eigenvalue weighted by Gasteiger charge is 2.34. The number of benzene rings is 1. The molecule has 2 aromatic rings. The Morgan fingerprint density at radius 3 is 2.76 bits per heavy atom. The van der Waals surface area contributed by atoms with Gasteiger partial charge in [0.25, 0.3) is 0 Å². The molecule has 0 bridgehead atoms. The fourth-order valence-corrected chi connectivity index (χ4v) is 5.79. The van der Waals surface area contributed by atoms with Crippen molar-refractivity contribution < 1.29 is 4.57 Å². The fraction of sp³-hybridized carbons (Fsp3) is 0.483. The van der Waals surface area contributed by atoms with Gasteiger partial charge < -0.3 is 4.90 Å². The smallest absolute Gasteiger partial charge is 0.213 e. The Balaban J connectivity index is 1.62. The van der Waals surface area contributed by atoms with Gasteiger partial charge in [-0.25, -0.2) is 0 Å². The largest absolute Gasteiger partial charge is 0.368 e. The molecule has 0 N–H and O–H groups in total. The van der Waals surface area contributed by atoms with E-state index in [2.05, 4.69) is 78.0 Å². The van der Waals surface area contributed by atoms with E-state index in [0.717, 1.165) is 37.4 Å². The molecule has 176 valence electrons. The maximum absolute atomic E-state index is 6.49. The summed E-state index contributed by atoms with van der Waals surface area (Å²) in [4.78, 5) is 2.65. The van der Waals surface area contributed by atoms with Gasteiger partial charge in [-0.3, -0.25) is 0 Å². The summed E-state index contributed by atoms with van der Waals surface area (Å²) >= 11 is 12.7. The highest BCUT2D eigenvalue weighted by Crippen LogP contribution is 2.37. The number of hydrogen-bond acceptors (Lipinski definition) is 1. The standard InChI is InChI=1S/C29H37Cl2N2/c1-3-5-18-32-26(14-10-22-20-24(30)12-16-28(22)32)8-7-9-27-15-11-23-21-25(31)13-17-29(23)33(27)19-6-4-2/h7-12,14-16,20,23,25,29H,3-6,13,17-19,21H2,1-2H3/q+1. The van der Waals surface area contributed by atoms with Gasteiger partial charge in [0.15, 0.2) is 0 Å². The molecule has 1 saturated carbocycles. The van der Waals surface area contributed by atoms with E-state index in [4.69, 9.17) is 23.2 Å². The molecule has 2 nitrogen and oxygen atoms in total. The number of allylic oxidation sites excluding steroid dienone is 3. The Bertz CT molecular complexity index is 1040. The SMILES string of the molecule is CCCCN1/C(=C/C=C/c2ccc3cc(Cl)ccc3[n+]2CCCC)C=CC2CC(Cl)CCC21. The second-order valence-electron chi connectivity index (χ2n) is 9.46. The van der Waals surface area contributed by atoms with Crippen LogP contribution in [0.1, 0.15) is 64.5 Å². The van der Waals surface area contributed by atoms with Crippen LogP contribution >= 0.6 is 23.2 Å². The van der Waals surface area contributed by atoms with Crippen molar-refractivity contribution in [3.05, 3.63) is 71.0 Å². The zero-order valence-corrected chi connectivity index (χ0v) is 21.5. The van der Waals surface area contributed by atoms with Gasteiger partial charge in [0.05, 0.1) is 0 Å². The summed E-state index contributed by atoms with van der Waals surface area (Å²) in [6.45, 7) is 6.66. The van der Waals surface area contributed by atoms with Crippen molar-refractivity contribution >= 4 is 40.2 Å². The Morgan fingerprint density at radius 2 is 1.94 bits per heavy atom. The van der Waals surface area contributed by atoms with E-state index in [-0.39, 0.29) is 0 Å². The van der Waals surface area contributed by atoms with Gasteiger partial charge in [-0.15, -0.1) is 11.6 Å². The average Bonchev–Trinajstić information content (AvgIpc) is 2.82. The van der Waals surface area contributed by atoms with E-state index in [1.165, 1.54) is 48.0 Å². The normalized spacial score (nSPS) is 24.2. The number of aryl methyl sites for hydroxylation is 1. The lowest BCUT2D eigenvalue weighted by molar-refractivity contribution is -0.673. The van der Waals surface area contributed by atoms with E-state index in [9.17, 15) is 0 Å². The lowest BCUT2D eigenvalue weighted by Gasteiger charge is -2.45. The lowest BCUT2D eigenvalue weighted by Crippen LogP contribution is -2.45. The minimum Gasteiger partial charge on any atom is -0.368 e. The average molecular weight is 485 g/mol. The zero-order chi connectivity index (χ0) is 23.2. The molecule has 2 aliphatic rings. The third kappa shape index (κ3) is 5.84. The first kappa shape index (κ1) is 24.4. The summed E-state index contributed by atoms with van der Waals surface area (Å²) in [5.41, 5.74) is 3.81. The number of unbranched alkanes of at least 4 members (excludes halogenated alkanes) is 2. The van der Waals surface area contributed by atoms with Crippen LogP contribution < -0.4 is 4.57 Å². The number of nitrogens with zero attached hydrogens (tertiary/aromatic N) is 2. The summed E-state index contributed by atoms with van der Waals surface area (Å²) in [7, 11) is 0. The predicted octanol–water partition coefficient (Wildman–Crippen LogP) is 7.93. The van der Waals surface area contributed by atoms with Crippen molar-refractivity contribution in [3.63, 3.8) is 0 Å². The Labute approximate surface area is 209 Å². The molecule has 2 heterocycles. The molecule has 33 heavy (non-hydrogen) atoms. The number of aromatic nitrogens is 1. The van der Waals surface area contributed by atoms with Crippen LogP contribution in [-0.2, 0) is 6.54 Å². The first-order chi connectivity index (χ1) is 16.1. The first-order valence-corrected chi connectivity index (χ1v) is 13.5. The van der Waals surface area contributed by atoms with Crippen molar-refractivity contribution in [2.75, 3.05) is 6.54 Å². The molecule has 3 atom stereocenters. The summed E-state index contributed by atoms with van der Waals surface area (Å²) in [5, 5.41) is 2.31. The van der Waals surface area contributed by atoms with Crippen molar-refractivity contribution in [1.82, 2.24) is 4.90 Å². The zero-order valence-electron chi connectivity index (χ0n) is 20.0. The Morgan fingerprint density at radius 1 is 1.09 bits per heavy atom. The summed E-state index contributed by atoms with van der Waals surface area (Å²) < 4.78 is 2.42. The van der Waals surface area contributed by atoms with Gasteiger partial charge in [0, 0.05) is 58.7 Å². The number of rotatable bonds is 8. The maximum atomic E-state index is 6.49. The molecule has 1 fully saturated rings. The minimum atomic E-state index is 0.329. The van der Waals surface area contributed by atoms with Crippen molar-refractivity contribution in [2.45, 2.75) is 76.8 Å². The van der Waals surface area contributed by atoms with Gasteiger partial charge in [0.2, 0.25) is 11.2 Å². The molecule has 0 saturated heterocycles. The molecule has 1 aromatic heterocycles. The van der Waals surface area contributed by atoms with Crippen LogP contribution in [0.15, 0.2) is 60.3 Å². The monoisotopic (exact) mass is 483 g/mol. The predicted molar refractivity (Wildman–Crippen MR) is 143 cm³/mol. The summed E-state index contributed by atoms with van der Waals surface area (Å²) in [6, 6.07) is 11.2. The first-order valence-electron chi connectivity index (χ1n) is 12.7. The molecule has 1 aliphatic heterocycles. The highest BCUT2D eigenvalue weighted by molar-refractivity contribution is 6.31. The van der Waals surface area contributed by atoms with E-state index >= 15 is 0 Å². The van der Waals surface area contributed by atoms with E-state index in [1.807, 2.05) is 6.07 Å². The van der Waals surface area contributed by atoms with Gasteiger partial charge >= 0.3 is 0 Å². The van der Waals surface area contributed by atoms with Crippen LogP contribution in [0.25, 0.3) is 17.0 Å². The number of alkyl halides is 1. The molecular formula is C29H37Cl2N2+. The maximum Gasteiger partial charge on any atom is 0.213 e. The quantitative estimate of drug-likeness (QED) is 0.273. The number of pyridine rings is 1. The second-order valence-corrected chi connectivity index (χ2v) is 10.5. The van der Waals surface area contributed by atoms with Gasteiger partial charge in [-0.05, 0) is 62.0 Å². The second kappa shape index (κ2) is 11.6. The van der Waals surface area contributed by atoms with Crippen molar-refractivity contribution in [3.8, 4) is 0 Å². The molecule has 4 heteroatoms. The third-order valence-corrected chi connectivity index (χ3v) is 7.72. The molecule has 4 rings (SSSR count). The molecule has 0 spiro atoms. The van der Waals surface area contributed by atoms with Crippen LogP contribution in [-0.4, -0.2) is 22.9 Å². The van der Waals surface area contributed by atoms with Crippen molar-refractivity contribution in [2.24, 2.45) is 5.92 Å². The summed E-state index contributed by atoms with van der Waals surface area (Å²) in [5.74, 6) is 0.586. The van der Waals surface area contributed by atoms with E-state index in [0.29, 0.717) is 17.3 Å². The molecular weight excluding hydrogens is 447 g/mol. The van der Waals surface area contributed by atoms with Gasteiger partial charge in [0.1, 0.15) is 6.54 Å². The third-order valence-electron chi connectivity index (χ3n) is 7.09. The molecule has 3 unspecified atom stereocenters. The van der Waals surface area contributed by atoms with Crippen LogP contribution in [0.4, 0.5) is 0 Å². The topological polar surface area (TPSA) is 7.12 Å². The minimum absolute atomic E-state index is 0.329. The highest BCUT2D eigenvalue weighted by atomic mass is 35.5. The molecule has 1 aromatic carbocycles. The van der Waals surface area contributed by atoms with Crippen LogP contribution in [0.5, 0.6) is 0 Å². The summed E-state index contributed by atoms with van der Waals surface area (Å²) in [6.07, 6.45) is 19.7. The van der Waals surface area contributed by atoms with Gasteiger partial charge in [-0.1, -0.05) is 50.4 Å². The van der Waals surface area contributed by atoms with Crippen LogP contribution in [0.2, 0.25) is 5.02 Å². The molecule has 0 amide bonds. The Hall–Kier alpha value is -1.77. The molecule has 1 aliphatic carbocycles. The fourth-order valence-electron chi connectivity index (χ4n) is 5.28. The van der Waals surface area contributed by atoms with Crippen LogP contribution in [0, 0.1) is 5.92 Å². The number of halogens is 2. The number of hydrogen-bond donors (Lipinski definition) is 0. The molecule has 0 radical (unpaired) electrons. The Kier molecular flexibility index (Phi) is 8.55. The number of fused-ring (bicyclic) bond motifs is 2.